The van der Waals surface area contributed by atoms with E-state index in [1.54, 1.807) is 12.1 Å². The van der Waals surface area contributed by atoms with Crippen LogP contribution in [0, 0.1) is 0 Å². The first-order chi connectivity index (χ1) is 12.3. The molecule has 0 radical (unpaired) electrons. The molecule has 0 saturated heterocycles. The van der Waals surface area contributed by atoms with Crippen LogP contribution in [0.1, 0.15) is 26.7 Å². The van der Waals surface area contributed by atoms with Crippen LogP contribution >= 0.6 is 0 Å². The number of ether oxygens (including phenoxy) is 2. The number of nitrogens with one attached hydrogen (secondary N) is 1. The molecule has 0 bridgehead atoms. The number of nitrogens with zero attached hydrogens (tertiary/aromatic N) is 2. The van der Waals surface area contributed by atoms with Crippen molar-refractivity contribution in [2.45, 2.75) is 38.8 Å². The lowest BCUT2D eigenvalue weighted by Gasteiger charge is -2.24. The summed E-state index contributed by atoms with van der Waals surface area (Å²) < 4.78 is 12.0. The van der Waals surface area contributed by atoms with Gasteiger partial charge in [0.25, 0.3) is 5.56 Å². The first-order valence-electron chi connectivity index (χ1n) is 8.43. The van der Waals surface area contributed by atoms with Gasteiger partial charge in [-0.25, -0.2) is 4.98 Å². The maximum absolute atomic E-state index is 12.7. The number of fused-ring (bicyclic) bond motifs is 1. The number of carbonyl (C=O) groups is 1. The number of rotatable bonds is 8. The fraction of sp³-hybridized carbons (Fsp3) is 0.500. The molecule has 0 unspecified atom stereocenters. The summed E-state index contributed by atoms with van der Waals surface area (Å²) in [5.74, 6) is 0.900. The van der Waals surface area contributed by atoms with Crippen LogP contribution in [-0.4, -0.2) is 41.8 Å². The number of benzene rings is 1. The Morgan fingerprint density at radius 1 is 1.27 bits per heavy atom. The Labute approximate surface area is 152 Å². The number of hydrogen-bond acceptors (Lipinski definition) is 6. The van der Waals surface area contributed by atoms with E-state index >= 15 is 0 Å². The lowest BCUT2D eigenvalue weighted by Crippen LogP contribution is -2.48. The minimum Gasteiger partial charge on any atom is -0.493 e. The van der Waals surface area contributed by atoms with Gasteiger partial charge < -0.3 is 20.5 Å². The maximum atomic E-state index is 12.7. The number of aryl methyl sites for hydroxylation is 1. The van der Waals surface area contributed by atoms with Crippen molar-refractivity contribution in [3.63, 3.8) is 0 Å². The van der Waals surface area contributed by atoms with Crippen LogP contribution in [0.5, 0.6) is 11.5 Å². The van der Waals surface area contributed by atoms with Crippen LogP contribution in [0.25, 0.3) is 10.9 Å². The molecule has 1 aromatic carbocycles. The Hall–Kier alpha value is -2.61. The van der Waals surface area contributed by atoms with Gasteiger partial charge in [-0.3, -0.25) is 14.2 Å². The predicted octanol–water partition coefficient (Wildman–Crippen LogP) is 1.05. The zero-order chi connectivity index (χ0) is 19.3. The molecule has 142 valence electrons. The Morgan fingerprint density at radius 2 is 1.92 bits per heavy atom. The third-order valence-electron chi connectivity index (χ3n) is 4.12. The highest BCUT2D eigenvalue weighted by atomic mass is 16.5. The van der Waals surface area contributed by atoms with Crippen molar-refractivity contribution in [1.29, 1.82) is 0 Å². The summed E-state index contributed by atoms with van der Waals surface area (Å²) in [6, 6.07) is 3.29. The normalized spacial score (nSPS) is 11.4. The van der Waals surface area contributed by atoms with Gasteiger partial charge in [0.05, 0.1) is 31.4 Å². The average molecular weight is 362 g/mol. The van der Waals surface area contributed by atoms with Crippen LogP contribution in [0.4, 0.5) is 0 Å². The molecule has 0 fully saturated rings. The molecule has 8 nitrogen and oxygen atoms in total. The standard InChI is InChI=1S/C18H26N4O4/c1-18(2,10-19)21-16(23)6-5-7-22-11-20-13-9-15(26-4)14(25-3)8-12(13)17(22)24/h8-9,11H,5-7,10,19H2,1-4H3,(H,21,23). The number of nitrogens with two attached hydrogens (primary N) is 1. The van der Waals surface area contributed by atoms with Gasteiger partial charge >= 0.3 is 0 Å². The third-order valence-corrected chi connectivity index (χ3v) is 4.12. The van der Waals surface area contributed by atoms with Crippen LogP contribution in [0.3, 0.4) is 0 Å². The maximum Gasteiger partial charge on any atom is 0.261 e. The van der Waals surface area contributed by atoms with Crippen molar-refractivity contribution in [2.24, 2.45) is 5.73 Å². The first kappa shape index (κ1) is 19.7. The molecular formula is C18H26N4O4. The smallest absolute Gasteiger partial charge is 0.261 e. The Morgan fingerprint density at radius 3 is 2.54 bits per heavy atom. The molecule has 2 rings (SSSR count). The molecule has 1 heterocycles. The predicted molar refractivity (Wildman–Crippen MR) is 99.6 cm³/mol. The molecule has 0 aliphatic heterocycles. The van der Waals surface area contributed by atoms with E-state index in [4.69, 9.17) is 15.2 Å². The minimum atomic E-state index is -0.436. The van der Waals surface area contributed by atoms with E-state index in [0.29, 0.717) is 48.3 Å². The quantitative estimate of drug-likeness (QED) is 0.726. The van der Waals surface area contributed by atoms with Crippen LogP contribution in [0.2, 0.25) is 0 Å². The highest BCUT2D eigenvalue weighted by Gasteiger charge is 2.18. The van der Waals surface area contributed by atoms with Gasteiger partial charge in [-0.2, -0.15) is 0 Å². The average Bonchev–Trinajstić information content (AvgIpc) is 2.62. The molecular weight excluding hydrogens is 336 g/mol. The van der Waals surface area contributed by atoms with Crippen molar-refractivity contribution in [1.82, 2.24) is 14.9 Å². The number of aromatic nitrogens is 2. The molecule has 26 heavy (non-hydrogen) atoms. The van der Waals surface area contributed by atoms with Crippen LogP contribution < -0.4 is 26.1 Å². The molecule has 0 saturated carbocycles. The number of hydrogen-bond donors (Lipinski definition) is 2. The van der Waals surface area contributed by atoms with E-state index in [0.717, 1.165) is 0 Å². The van der Waals surface area contributed by atoms with Gasteiger partial charge in [-0.1, -0.05) is 0 Å². The van der Waals surface area contributed by atoms with E-state index < -0.39 is 5.54 Å². The van der Waals surface area contributed by atoms with Crippen molar-refractivity contribution in [3.8, 4) is 11.5 Å². The summed E-state index contributed by atoms with van der Waals surface area (Å²) in [7, 11) is 3.04. The molecule has 0 spiro atoms. The van der Waals surface area contributed by atoms with Crippen molar-refractivity contribution in [2.75, 3.05) is 20.8 Å². The second-order valence-electron chi connectivity index (χ2n) is 6.71. The van der Waals surface area contributed by atoms with Gasteiger partial charge in [-0.05, 0) is 26.3 Å². The molecule has 2 aromatic rings. The Kier molecular flexibility index (Phi) is 6.20. The topological polar surface area (TPSA) is 108 Å². The first-order valence-corrected chi connectivity index (χ1v) is 8.43. The van der Waals surface area contributed by atoms with E-state index in [-0.39, 0.29) is 11.5 Å². The van der Waals surface area contributed by atoms with Crippen molar-refractivity contribution >= 4 is 16.8 Å². The molecule has 0 atom stereocenters. The SMILES string of the molecule is COc1cc2ncn(CCCC(=O)NC(C)(C)CN)c(=O)c2cc1OC. The molecule has 0 aliphatic rings. The second kappa shape index (κ2) is 8.18. The number of carbonyl (C=O) groups excluding carboxylic acids is 1. The van der Waals surface area contributed by atoms with Gasteiger partial charge in [0.1, 0.15) is 0 Å². The summed E-state index contributed by atoms with van der Waals surface area (Å²) in [6.07, 6.45) is 2.31. The van der Waals surface area contributed by atoms with Crippen LogP contribution in [-0.2, 0) is 11.3 Å². The highest BCUT2D eigenvalue weighted by Crippen LogP contribution is 2.29. The molecule has 8 heteroatoms. The monoisotopic (exact) mass is 362 g/mol. The number of amides is 1. The molecule has 1 amide bonds. The zero-order valence-corrected chi connectivity index (χ0v) is 15.7. The molecule has 1 aromatic heterocycles. The number of methoxy groups -OCH3 is 2. The van der Waals surface area contributed by atoms with E-state index in [1.807, 2.05) is 13.8 Å². The third kappa shape index (κ3) is 4.51. The molecule has 3 N–H and O–H groups in total. The Bertz CT molecular complexity index is 845. The van der Waals surface area contributed by atoms with E-state index in [2.05, 4.69) is 10.3 Å². The summed E-state index contributed by atoms with van der Waals surface area (Å²) in [5, 5.41) is 3.31. The largest absolute Gasteiger partial charge is 0.493 e. The molecule has 0 aliphatic carbocycles. The fourth-order valence-corrected chi connectivity index (χ4v) is 2.55. The summed E-state index contributed by atoms with van der Waals surface area (Å²) in [4.78, 5) is 28.9. The van der Waals surface area contributed by atoms with Gasteiger partial charge in [0.2, 0.25) is 5.91 Å². The fourth-order valence-electron chi connectivity index (χ4n) is 2.55. The lowest BCUT2D eigenvalue weighted by atomic mass is 10.1. The van der Waals surface area contributed by atoms with Crippen LogP contribution in [0.15, 0.2) is 23.3 Å². The lowest BCUT2D eigenvalue weighted by molar-refractivity contribution is -0.122. The summed E-state index contributed by atoms with van der Waals surface area (Å²) in [5.41, 5.74) is 5.52. The van der Waals surface area contributed by atoms with E-state index in [9.17, 15) is 9.59 Å². The highest BCUT2D eigenvalue weighted by molar-refractivity contribution is 5.81. The summed E-state index contributed by atoms with van der Waals surface area (Å²) in [6.45, 7) is 4.49. The van der Waals surface area contributed by atoms with Crippen molar-refractivity contribution < 1.29 is 14.3 Å². The second-order valence-corrected chi connectivity index (χ2v) is 6.71. The zero-order valence-electron chi connectivity index (χ0n) is 15.7. The van der Waals surface area contributed by atoms with Gasteiger partial charge in [0, 0.05) is 31.1 Å². The minimum absolute atomic E-state index is 0.0892. The summed E-state index contributed by atoms with van der Waals surface area (Å²) >= 11 is 0. The van der Waals surface area contributed by atoms with Gasteiger partial charge in [-0.15, -0.1) is 0 Å². The van der Waals surface area contributed by atoms with E-state index in [1.165, 1.54) is 25.1 Å². The Balaban J connectivity index is 2.12. The van der Waals surface area contributed by atoms with Gasteiger partial charge in [0.15, 0.2) is 11.5 Å². The van der Waals surface area contributed by atoms with Crippen molar-refractivity contribution in [3.05, 3.63) is 28.8 Å².